The lowest BCUT2D eigenvalue weighted by atomic mass is 10.1. The lowest BCUT2D eigenvalue weighted by Crippen LogP contribution is -2.37. The fraction of sp³-hybridized carbons (Fsp3) is 0.714. The summed E-state index contributed by atoms with van der Waals surface area (Å²) >= 11 is 0. The van der Waals surface area contributed by atoms with Gasteiger partial charge >= 0.3 is 12.2 Å². The summed E-state index contributed by atoms with van der Waals surface area (Å²) in [5, 5.41) is 17.8. The van der Waals surface area contributed by atoms with Crippen LogP contribution < -0.4 is 0 Å². The van der Waals surface area contributed by atoms with Crippen molar-refractivity contribution in [3.8, 4) is 0 Å². The molecule has 22 heavy (non-hydrogen) atoms. The van der Waals surface area contributed by atoms with Gasteiger partial charge in [0.15, 0.2) is 0 Å². The highest BCUT2D eigenvalue weighted by Crippen LogP contribution is 2.07. The molecule has 0 aromatic carbocycles. The van der Waals surface area contributed by atoms with Gasteiger partial charge in [-0.1, -0.05) is 13.8 Å². The van der Waals surface area contributed by atoms with Crippen LogP contribution >= 0.6 is 0 Å². The summed E-state index contributed by atoms with van der Waals surface area (Å²) in [6.45, 7) is 3.85. The summed E-state index contributed by atoms with van der Waals surface area (Å²) in [7, 11) is 0. The largest absolute Gasteiger partial charge is 0.465 e. The minimum atomic E-state index is -1.28. The van der Waals surface area contributed by atoms with Crippen molar-refractivity contribution in [2.45, 2.75) is 52.4 Å². The van der Waals surface area contributed by atoms with Crippen LogP contribution in [-0.2, 0) is 9.59 Å². The fourth-order valence-corrected chi connectivity index (χ4v) is 1.92. The van der Waals surface area contributed by atoms with E-state index in [1.54, 1.807) is 13.8 Å². The van der Waals surface area contributed by atoms with Crippen LogP contribution in [0.4, 0.5) is 9.59 Å². The zero-order valence-electron chi connectivity index (χ0n) is 13.1. The summed E-state index contributed by atoms with van der Waals surface area (Å²) < 4.78 is 0. The predicted molar refractivity (Wildman–Crippen MR) is 78.5 cm³/mol. The first kappa shape index (κ1) is 19.9. The highest BCUT2D eigenvalue weighted by molar-refractivity contribution is 5.92. The molecule has 0 bridgehead atoms. The van der Waals surface area contributed by atoms with E-state index in [-0.39, 0.29) is 25.9 Å². The molecular formula is C14H24N2O6. The van der Waals surface area contributed by atoms with Gasteiger partial charge in [-0.2, -0.15) is 0 Å². The Morgan fingerprint density at radius 2 is 1.05 bits per heavy atom. The average molecular weight is 316 g/mol. The van der Waals surface area contributed by atoms with Crippen molar-refractivity contribution in [2.24, 2.45) is 0 Å². The molecule has 0 aliphatic rings. The third kappa shape index (κ3) is 7.05. The monoisotopic (exact) mass is 316 g/mol. The molecule has 0 aliphatic carbocycles. The zero-order valence-corrected chi connectivity index (χ0v) is 13.1. The van der Waals surface area contributed by atoms with Crippen molar-refractivity contribution in [3.05, 3.63) is 0 Å². The number of carbonyl (C=O) groups excluding carboxylic acids is 2. The third-order valence-corrected chi connectivity index (χ3v) is 2.99. The maximum Gasteiger partial charge on any atom is 0.414 e. The van der Waals surface area contributed by atoms with E-state index in [0.29, 0.717) is 25.7 Å². The van der Waals surface area contributed by atoms with Crippen LogP contribution in [0.5, 0.6) is 0 Å². The maximum atomic E-state index is 11.7. The van der Waals surface area contributed by atoms with Gasteiger partial charge in [0.2, 0.25) is 11.8 Å². The Bertz CT molecular complexity index is 372. The Balaban J connectivity index is 4.20. The van der Waals surface area contributed by atoms with Crippen molar-refractivity contribution in [1.82, 2.24) is 9.80 Å². The Hall–Kier alpha value is -2.12. The molecule has 8 heteroatoms. The second-order valence-corrected chi connectivity index (χ2v) is 4.86. The Kier molecular flexibility index (Phi) is 9.56. The molecule has 0 unspecified atom stereocenters. The first-order valence-corrected chi connectivity index (χ1v) is 7.41. The van der Waals surface area contributed by atoms with Crippen LogP contribution in [0.2, 0.25) is 0 Å². The number of hydrogen-bond donors (Lipinski definition) is 2. The van der Waals surface area contributed by atoms with Crippen LogP contribution in [0.25, 0.3) is 0 Å². The van der Waals surface area contributed by atoms with Crippen LogP contribution in [0.1, 0.15) is 52.4 Å². The van der Waals surface area contributed by atoms with Crippen molar-refractivity contribution < 1.29 is 29.4 Å². The Morgan fingerprint density at radius 1 is 0.727 bits per heavy atom. The van der Waals surface area contributed by atoms with Crippen LogP contribution in [0.15, 0.2) is 0 Å². The maximum absolute atomic E-state index is 11.7. The average Bonchev–Trinajstić information content (AvgIpc) is 2.45. The van der Waals surface area contributed by atoms with Gasteiger partial charge in [0, 0.05) is 25.9 Å². The van der Waals surface area contributed by atoms with Gasteiger partial charge < -0.3 is 10.2 Å². The lowest BCUT2D eigenvalue weighted by Gasteiger charge is -2.17. The summed E-state index contributed by atoms with van der Waals surface area (Å²) in [6, 6.07) is 0. The third-order valence-electron chi connectivity index (χ3n) is 2.99. The molecule has 0 aliphatic heterocycles. The Labute approximate surface area is 129 Å². The van der Waals surface area contributed by atoms with Crippen LogP contribution in [0, 0.1) is 0 Å². The molecule has 0 rings (SSSR count). The predicted octanol–water partition coefficient (Wildman–Crippen LogP) is 2.38. The van der Waals surface area contributed by atoms with Crippen LogP contribution in [-0.4, -0.2) is 57.1 Å². The smallest absolute Gasteiger partial charge is 0.414 e. The second kappa shape index (κ2) is 10.6. The standard InChI is InChI=1S/C14H24N2O6/c1-3-9-15(13(19)20)11(17)7-5-6-8-12(18)16(10-4-2)14(21)22/h3-10H2,1-2H3,(H,19,20)(H,21,22). The van der Waals surface area contributed by atoms with Crippen molar-refractivity contribution in [2.75, 3.05) is 13.1 Å². The molecule has 0 radical (unpaired) electrons. The van der Waals surface area contributed by atoms with Gasteiger partial charge in [-0.3, -0.25) is 9.59 Å². The molecular weight excluding hydrogens is 292 g/mol. The molecule has 0 atom stereocenters. The molecule has 0 aromatic rings. The number of imide groups is 2. The minimum absolute atomic E-state index is 0.0282. The summed E-state index contributed by atoms with van der Waals surface area (Å²) in [6.07, 6.45) is -0.718. The molecule has 126 valence electrons. The normalized spacial score (nSPS) is 10.1. The van der Waals surface area contributed by atoms with E-state index < -0.39 is 24.0 Å². The van der Waals surface area contributed by atoms with Gasteiger partial charge in [-0.05, 0) is 25.7 Å². The molecule has 0 saturated heterocycles. The first-order valence-electron chi connectivity index (χ1n) is 7.41. The van der Waals surface area contributed by atoms with E-state index in [9.17, 15) is 19.2 Å². The second-order valence-electron chi connectivity index (χ2n) is 4.86. The van der Waals surface area contributed by atoms with Gasteiger partial charge in [0.05, 0.1) is 0 Å². The fourth-order valence-electron chi connectivity index (χ4n) is 1.92. The molecule has 0 saturated carbocycles. The van der Waals surface area contributed by atoms with E-state index in [0.717, 1.165) is 9.80 Å². The van der Waals surface area contributed by atoms with Crippen molar-refractivity contribution in [3.63, 3.8) is 0 Å². The molecule has 0 aromatic heterocycles. The summed E-state index contributed by atoms with van der Waals surface area (Å²) in [5.74, 6) is -0.990. The van der Waals surface area contributed by atoms with Crippen molar-refractivity contribution >= 4 is 24.0 Å². The van der Waals surface area contributed by atoms with Gasteiger partial charge in [-0.25, -0.2) is 19.4 Å². The summed E-state index contributed by atoms with van der Waals surface area (Å²) in [5.41, 5.74) is 0. The molecule has 2 N–H and O–H groups in total. The number of carbonyl (C=O) groups is 4. The number of amides is 4. The number of unbranched alkanes of at least 4 members (excludes halogenated alkanes) is 1. The number of carboxylic acid groups (broad SMARTS) is 2. The van der Waals surface area contributed by atoms with Gasteiger partial charge in [-0.15, -0.1) is 0 Å². The number of nitrogens with zero attached hydrogens (tertiary/aromatic N) is 2. The number of hydrogen-bond acceptors (Lipinski definition) is 4. The van der Waals surface area contributed by atoms with Crippen molar-refractivity contribution in [1.29, 1.82) is 0 Å². The molecule has 0 heterocycles. The molecule has 4 amide bonds. The number of rotatable bonds is 9. The summed E-state index contributed by atoms with van der Waals surface area (Å²) in [4.78, 5) is 46.7. The van der Waals surface area contributed by atoms with E-state index in [1.807, 2.05) is 0 Å². The molecule has 0 fully saturated rings. The first-order chi connectivity index (χ1) is 10.3. The SMILES string of the molecule is CCCN(C(=O)O)C(=O)CCCCC(=O)N(CCC)C(=O)O. The van der Waals surface area contributed by atoms with Crippen LogP contribution in [0.3, 0.4) is 0 Å². The lowest BCUT2D eigenvalue weighted by molar-refractivity contribution is -0.131. The van der Waals surface area contributed by atoms with Gasteiger partial charge in [0.25, 0.3) is 0 Å². The zero-order chi connectivity index (χ0) is 17.1. The van der Waals surface area contributed by atoms with E-state index >= 15 is 0 Å². The van der Waals surface area contributed by atoms with E-state index in [1.165, 1.54) is 0 Å². The molecule has 0 spiro atoms. The highest BCUT2D eigenvalue weighted by atomic mass is 16.4. The minimum Gasteiger partial charge on any atom is -0.465 e. The van der Waals surface area contributed by atoms with Gasteiger partial charge in [0.1, 0.15) is 0 Å². The van der Waals surface area contributed by atoms with E-state index in [2.05, 4.69) is 0 Å². The molecule has 8 nitrogen and oxygen atoms in total. The highest BCUT2D eigenvalue weighted by Gasteiger charge is 2.21. The quantitative estimate of drug-likeness (QED) is 0.631. The van der Waals surface area contributed by atoms with E-state index in [4.69, 9.17) is 10.2 Å². The Morgan fingerprint density at radius 3 is 1.27 bits per heavy atom. The topological polar surface area (TPSA) is 115 Å².